The lowest BCUT2D eigenvalue weighted by Gasteiger charge is -2.10. The first-order valence-corrected chi connectivity index (χ1v) is 5.44. The van der Waals surface area contributed by atoms with E-state index in [1.165, 1.54) is 18.5 Å². The molecule has 1 aromatic rings. The van der Waals surface area contributed by atoms with Crippen molar-refractivity contribution in [1.82, 2.24) is 9.97 Å². The zero-order valence-electron chi connectivity index (χ0n) is 9.07. The van der Waals surface area contributed by atoms with E-state index in [1.807, 2.05) is 0 Å². The van der Waals surface area contributed by atoms with Gasteiger partial charge in [-0.25, -0.2) is 9.97 Å². The summed E-state index contributed by atoms with van der Waals surface area (Å²) in [4.78, 5) is 8.52. The van der Waals surface area contributed by atoms with Crippen molar-refractivity contribution in [3.63, 3.8) is 0 Å². The van der Waals surface area contributed by atoms with Gasteiger partial charge in [-0.15, -0.1) is 0 Å². The molecule has 82 valence electrons. The van der Waals surface area contributed by atoms with Gasteiger partial charge in [0.1, 0.15) is 6.33 Å². The summed E-state index contributed by atoms with van der Waals surface area (Å²) < 4.78 is 5.27. The minimum atomic E-state index is 0.634. The molecule has 1 fully saturated rings. The summed E-state index contributed by atoms with van der Waals surface area (Å²) in [7, 11) is 1.66. The molecule has 1 aromatic heterocycles. The lowest BCUT2D eigenvalue weighted by atomic mass is 10.1. The molecule has 0 unspecified atom stereocenters. The molecular weight excluding hydrogens is 190 g/mol. The Hall–Kier alpha value is -1.16. The molecule has 0 aromatic carbocycles. The number of rotatable bonds is 5. The molecule has 0 bridgehead atoms. The monoisotopic (exact) mass is 207 g/mol. The van der Waals surface area contributed by atoms with Crippen molar-refractivity contribution in [2.24, 2.45) is 5.73 Å². The molecule has 0 spiro atoms. The molecule has 4 nitrogen and oxygen atoms in total. The highest BCUT2D eigenvalue weighted by Gasteiger charge is 2.29. The van der Waals surface area contributed by atoms with Crippen LogP contribution in [-0.4, -0.2) is 23.6 Å². The largest absolute Gasteiger partial charge is 0.481 e. The minimum Gasteiger partial charge on any atom is -0.481 e. The van der Waals surface area contributed by atoms with Crippen molar-refractivity contribution in [2.75, 3.05) is 13.7 Å². The van der Waals surface area contributed by atoms with Gasteiger partial charge in [-0.1, -0.05) is 0 Å². The summed E-state index contributed by atoms with van der Waals surface area (Å²) in [6.45, 7) is 0.697. The average Bonchev–Trinajstić information content (AvgIpc) is 3.09. The van der Waals surface area contributed by atoms with Crippen LogP contribution >= 0.6 is 0 Å². The second kappa shape index (κ2) is 4.57. The van der Waals surface area contributed by atoms with Crippen molar-refractivity contribution >= 4 is 0 Å². The molecular formula is C11H17N3O. The van der Waals surface area contributed by atoms with Crippen LogP contribution in [-0.2, 0) is 6.42 Å². The molecule has 1 aliphatic rings. The van der Waals surface area contributed by atoms with E-state index in [1.54, 1.807) is 13.4 Å². The predicted molar refractivity (Wildman–Crippen MR) is 57.9 cm³/mol. The fourth-order valence-electron chi connectivity index (χ4n) is 1.81. The summed E-state index contributed by atoms with van der Waals surface area (Å²) in [6.07, 6.45) is 5.97. The van der Waals surface area contributed by atoms with Gasteiger partial charge in [-0.05, 0) is 32.2 Å². The summed E-state index contributed by atoms with van der Waals surface area (Å²) in [6, 6.07) is 0. The van der Waals surface area contributed by atoms with Gasteiger partial charge in [-0.2, -0.15) is 0 Å². The van der Waals surface area contributed by atoms with Gasteiger partial charge in [0.2, 0.25) is 5.88 Å². The van der Waals surface area contributed by atoms with Gasteiger partial charge >= 0.3 is 0 Å². The van der Waals surface area contributed by atoms with Crippen LogP contribution in [0.15, 0.2) is 6.33 Å². The van der Waals surface area contributed by atoms with Crippen LogP contribution in [0.5, 0.6) is 5.88 Å². The summed E-state index contributed by atoms with van der Waals surface area (Å²) >= 11 is 0. The van der Waals surface area contributed by atoms with Crippen molar-refractivity contribution in [3.05, 3.63) is 17.6 Å². The molecule has 1 saturated carbocycles. The quantitative estimate of drug-likeness (QED) is 0.789. The van der Waals surface area contributed by atoms with E-state index in [0.29, 0.717) is 12.5 Å². The molecule has 0 amide bonds. The molecule has 0 radical (unpaired) electrons. The van der Waals surface area contributed by atoms with E-state index in [2.05, 4.69) is 9.97 Å². The lowest BCUT2D eigenvalue weighted by molar-refractivity contribution is 0.389. The van der Waals surface area contributed by atoms with Gasteiger partial charge in [-0.3, -0.25) is 0 Å². The maximum atomic E-state index is 5.53. The normalized spacial score (nSPS) is 15.3. The first-order chi connectivity index (χ1) is 7.36. The number of nitrogens with two attached hydrogens (primary N) is 1. The summed E-state index contributed by atoms with van der Waals surface area (Å²) in [5.74, 6) is 1.36. The minimum absolute atomic E-state index is 0.634. The SMILES string of the molecule is COc1ncnc(C2CC2)c1CCCN. The van der Waals surface area contributed by atoms with E-state index in [4.69, 9.17) is 10.5 Å². The lowest BCUT2D eigenvalue weighted by Crippen LogP contribution is -2.06. The Balaban J connectivity index is 2.26. The number of ether oxygens (including phenoxy) is 1. The Kier molecular flexibility index (Phi) is 3.16. The third kappa shape index (κ3) is 2.26. The third-order valence-electron chi connectivity index (χ3n) is 2.73. The summed E-state index contributed by atoms with van der Waals surface area (Å²) in [5.41, 5.74) is 7.86. The maximum Gasteiger partial charge on any atom is 0.219 e. The summed E-state index contributed by atoms with van der Waals surface area (Å²) in [5, 5.41) is 0. The van der Waals surface area contributed by atoms with E-state index >= 15 is 0 Å². The van der Waals surface area contributed by atoms with Gasteiger partial charge in [0.25, 0.3) is 0 Å². The molecule has 0 saturated heterocycles. The highest BCUT2D eigenvalue weighted by molar-refractivity contribution is 5.34. The van der Waals surface area contributed by atoms with Crippen LogP contribution in [0.2, 0.25) is 0 Å². The van der Waals surface area contributed by atoms with Crippen LogP contribution < -0.4 is 10.5 Å². The third-order valence-corrected chi connectivity index (χ3v) is 2.73. The topological polar surface area (TPSA) is 61.0 Å². The number of hydrogen-bond donors (Lipinski definition) is 1. The Morgan fingerprint density at radius 2 is 2.27 bits per heavy atom. The Morgan fingerprint density at radius 3 is 2.87 bits per heavy atom. The molecule has 1 heterocycles. The Morgan fingerprint density at radius 1 is 1.47 bits per heavy atom. The molecule has 1 aliphatic carbocycles. The standard InChI is InChI=1S/C11H17N3O/c1-15-11-9(3-2-6-12)10(8-4-5-8)13-7-14-11/h7-8H,2-6,12H2,1H3. The van der Waals surface area contributed by atoms with Gasteiger partial charge in [0, 0.05) is 11.5 Å². The zero-order chi connectivity index (χ0) is 10.7. The Labute approximate surface area is 89.9 Å². The van der Waals surface area contributed by atoms with Crippen molar-refractivity contribution in [3.8, 4) is 5.88 Å². The van der Waals surface area contributed by atoms with Crippen molar-refractivity contribution in [1.29, 1.82) is 0 Å². The maximum absolute atomic E-state index is 5.53. The second-order valence-electron chi connectivity index (χ2n) is 3.91. The number of hydrogen-bond acceptors (Lipinski definition) is 4. The van der Waals surface area contributed by atoms with Crippen LogP contribution in [0.3, 0.4) is 0 Å². The van der Waals surface area contributed by atoms with Crippen LogP contribution in [0.1, 0.15) is 36.4 Å². The van der Waals surface area contributed by atoms with Crippen LogP contribution in [0.4, 0.5) is 0 Å². The van der Waals surface area contributed by atoms with Crippen molar-refractivity contribution in [2.45, 2.75) is 31.6 Å². The number of nitrogens with zero attached hydrogens (tertiary/aromatic N) is 2. The molecule has 2 N–H and O–H groups in total. The van der Waals surface area contributed by atoms with Crippen LogP contribution in [0.25, 0.3) is 0 Å². The molecule has 0 atom stereocenters. The number of aromatic nitrogens is 2. The van der Waals surface area contributed by atoms with Gasteiger partial charge in [0.15, 0.2) is 0 Å². The predicted octanol–water partition coefficient (Wildman–Crippen LogP) is 1.25. The van der Waals surface area contributed by atoms with E-state index < -0.39 is 0 Å². The highest BCUT2D eigenvalue weighted by atomic mass is 16.5. The molecule has 4 heteroatoms. The van der Waals surface area contributed by atoms with Crippen molar-refractivity contribution < 1.29 is 4.74 Å². The fraction of sp³-hybridized carbons (Fsp3) is 0.636. The smallest absolute Gasteiger partial charge is 0.219 e. The van der Waals surface area contributed by atoms with E-state index in [-0.39, 0.29) is 0 Å². The van der Waals surface area contributed by atoms with E-state index in [9.17, 15) is 0 Å². The fourth-order valence-corrected chi connectivity index (χ4v) is 1.81. The van der Waals surface area contributed by atoms with Crippen LogP contribution in [0, 0.1) is 0 Å². The zero-order valence-corrected chi connectivity index (χ0v) is 9.07. The average molecular weight is 207 g/mol. The molecule has 15 heavy (non-hydrogen) atoms. The second-order valence-corrected chi connectivity index (χ2v) is 3.91. The van der Waals surface area contributed by atoms with Gasteiger partial charge in [0.05, 0.1) is 12.8 Å². The van der Waals surface area contributed by atoms with Gasteiger partial charge < -0.3 is 10.5 Å². The Bertz CT molecular complexity index is 337. The number of methoxy groups -OCH3 is 1. The molecule has 0 aliphatic heterocycles. The first-order valence-electron chi connectivity index (χ1n) is 5.44. The van der Waals surface area contributed by atoms with E-state index in [0.717, 1.165) is 24.3 Å². The first kappa shape index (κ1) is 10.4. The highest BCUT2D eigenvalue weighted by Crippen LogP contribution is 2.42. The molecule has 2 rings (SSSR count).